The van der Waals surface area contributed by atoms with Crippen LogP contribution in [0.1, 0.15) is 32.6 Å². The molecule has 0 aromatic rings. The second kappa shape index (κ2) is 5.80. The summed E-state index contributed by atoms with van der Waals surface area (Å²) in [5, 5.41) is 31.0. The Kier molecular flexibility index (Phi) is 4.99. The van der Waals surface area contributed by atoms with Crippen molar-refractivity contribution in [3.63, 3.8) is 0 Å². The second-order valence-electron chi connectivity index (χ2n) is 4.85. The molecule has 15 heavy (non-hydrogen) atoms. The fourth-order valence-electron chi connectivity index (χ4n) is 2.00. The monoisotopic (exact) mass is 217 g/mol. The molecule has 4 heteroatoms. The van der Waals surface area contributed by atoms with Gasteiger partial charge in [0.05, 0.1) is 24.9 Å². The third-order valence-corrected chi connectivity index (χ3v) is 3.37. The molecule has 0 unspecified atom stereocenters. The van der Waals surface area contributed by atoms with E-state index in [4.69, 9.17) is 10.2 Å². The number of hydrogen-bond acceptors (Lipinski definition) is 4. The lowest BCUT2D eigenvalue weighted by Gasteiger charge is -2.35. The summed E-state index contributed by atoms with van der Waals surface area (Å²) in [5.41, 5.74) is -0.644. The van der Waals surface area contributed by atoms with Crippen molar-refractivity contribution in [2.75, 3.05) is 19.8 Å². The molecule has 0 atom stereocenters. The molecule has 1 aliphatic rings. The van der Waals surface area contributed by atoms with E-state index < -0.39 is 5.60 Å². The van der Waals surface area contributed by atoms with Crippen LogP contribution in [0.4, 0.5) is 0 Å². The van der Waals surface area contributed by atoms with Gasteiger partial charge in [-0.3, -0.25) is 0 Å². The fraction of sp³-hybridized carbons (Fsp3) is 1.00. The van der Waals surface area contributed by atoms with Gasteiger partial charge >= 0.3 is 0 Å². The van der Waals surface area contributed by atoms with E-state index in [2.05, 4.69) is 12.2 Å². The van der Waals surface area contributed by atoms with E-state index in [0.29, 0.717) is 12.5 Å². The topological polar surface area (TPSA) is 72.7 Å². The fourth-order valence-corrected chi connectivity index (χ4v) is 2.00. The Balaban J connectivity index is 2.30. The van der Waals surface area contributed by atoms with E-state index >= 15 is 0 Å². The standard InChI is InChI=1S/C11H23NO3/c1-9-2-4-11(15,5-3-9)8-12-10(6-13)7-14/h9-10,12-15H,2-8H2,1H3. The summed E-state index contributed by atoms with van der Waals surface area (Å²) in [6, 6.07) is -0.312. The van der Waals surface area contributed by atoms with Crippen molar-refractivity contribution < 1.29 is 15.3 Å². The zero-order valence-corrected chi connectivity index (χ0v) is 9.45. The average Bonchev–Trinajstić information content (AvgIpc) is 2.25. The van der Waals surface area contributed by atoms with E-state index in [9.17, 15) is 5.11 Å². The first kappa shape index (κ1) is 12.9. The second-order valence-corrected chi connectivity index (χ2v) is 4.85. The first-order valence-corrected chi connectivity index (χ1v) is 5.77. The first-order valence-electron chi connectivity index (χ1n) is 5.77. The molecule has 0 amide bonds. The lowest BCUT2D eigenvalue weighted by atomic mass is 9.79. The third kappa shape index (κ3) is 4.07. The van der Waals surface area contributed by atoms with Gasteiger partial charge in [-0.2, -0.15) is 0 Å². The molecule has 0 aromatic carbocycles. The van der Waals surface area contributed by atoms with Gasteiger partial charge in [0, 0.05) is 6.54 Å². The van der Waals surface area contributed by atoms with Gasteiger partial charge in [0.2, 0.25) is 0 Å². The minimum atomic E-state index is -0.644. The largest absolute Gasteiger partial charge is 0.395 e. The third-order valence-electron chi connectivity index (χ3n) is 3.37. The predicted molar refractivity (Wildman–Crippen MR) is 58.5 cm³/mol. The predicted octanol–water partition coefficient (Wildman–Crippen LogP) is -0.130. The Bertz CT molecular complexity index is 175. The minimum absolute atomic E-state index is 0.0943. The molecule has 4 nitrogen and oxygen atoms in total. The number of rotatable bonds is 5. The summed E-state index contributed by atoms with van der Waals surface area (Å²) in [5.74, 6) is 0.705. The van der Waals surface area contributed by atoms with Crippen molar-refractivity contribution in [3.05, 3.63) is 0 Å². The lowest BCUT2D eigenvalue weighted by molar-refractivity contribution is -0.0112. The Morgan fingerprint density at radius 3 is 2.27 bits per heavy atom. The van der Waals surface area contributed by atoms with E-state index in [1.54, 1.807) is 0 Å². The van der Waals surface area contributed by atoms with Crippen LogP contribution >= 0.6 is 0 Å². The summed E-state index contributed by atoms with van der Waals surface area (Å²) in [7, 11) is 0. The van der Waals surface area contributed by atoms with Gasteiger partial charge in [-0.1, -0.05) is 6.92 Å². The van der Waals surface area contributed by atoms with Gasteiger partial charge in [0.1, 0.15) is 0 Å². The minimum Gasteiger partial charge on any atom is -0.395 e. The SMILES string of the molecule is CC1CCC(O)(CNC(CO)CO)CC1. The van der Waals surface area contributed by atoms with Crippen LogP contribution in [-0.4, -0.2) is 46.7 Å². The first-order chi connectivity index (χ1) is 7.09. The molecular weight excluding hydrogens is 194 g/mol. The molecule has 0 heterocycles. The van der Waals surface area contributed by atoms with E-state index in [0.717, 1.165) is 25.7 Å². The molecule has 1 fully saturated rings. The maximum atomic E-state index is 10.2. The van der Waals surface area contributed by atoms with Gasteiger partial charge in [-0.25, -0.2) is 0 Å². The summed E-state index contributed by atoms with van der Waals surface area (Å²) < 4.78 is 0. The molecule has 4 N–H and O–H groups in total. The van der Waals surface area contributed by atoms with Crippen LogP contribution in [0.5, 0.6) is 0 Å². The van der Waals surface area contributed by atoms with Crippen molar-refractivity contribution in [1.82, 2.24) is 5.32 Å². The molecular formula is C11H23NO3. The van der Waals surface area contributed by atoms with E-state index in [-0.39, 0.29) is 19.3 Å². The molecule has 0 saturated heterocycles. The van der Waals surface area contributed by atoms with Crippen LogP contribution in [0, 0.1) is 5.92 Å². The normalized spacial score (nSPS) is 32.2. The Labute approximate surface area is 91.3 Å². The van der Waals surface area contributed by atoms with Gasteiger partial charge in [-0.05, 0) is 31.6 Å². The molecule has 1 saturated carbocycles. The van der Waals surface area contributed by atoms with Crippen molar-refractivity contribution >= 4 is 0 Å². The maximum Gasteiger partial charge on any atom is 0.0771 e. The van der Waals surface area contributed by atoms with Gasteiger partial charge in [0.15, 0.2) is 0 Å². The molecule has 0 aromatic heterocycles. The molecule has 0 bridgehead atoms. The highest BCUT2D eigenvalue weighted by atomic mass is 16.3. The summed E-state index contributed by atoms with van der Waals surface area (Å²) >= 11 is 0. The van der Waals surface area contributed by atoms with Crippen molar-refractivity contribution in [2.45, 2.75) is 44.2 Å². The Morgan fingerprint density at radius 2 is 1.80 bits per heavy atom. The smallest absolute Gasteiger partial charge is 0.0771 e. The zero-order chi connectivity index (χ0) is 11.3. The maximum absolute atomic E-state index is 10.2. The van der Waals surface area contributed by atoms with Crippen molar-refractivity contribution in [2.24, 2.45) is 5.92 Å². The number of aliphatic hydroxyl groups is 3. The van der Waals surface area contributed by atoms with Crippen LogP contribution in [0.2, 0.25) is 0 Å². The van der Waals surface area contributed by atoms with E-state index in [1.165, 1.54) is 0 Å². The van der Waals surface area contributed by atoms with Crippen molar-refractivity contribution in [1.29, 1.82) is 0 Å². The Morgan fingerprint density at radius 1 is 1.27 bits per heavy atom. The number of hydrogen-bond donors (Lipinski definition) is 4. The number of aliphatic hydroxyl groups excluding tert-OH is 2. The number of nitrogens with one attached hydrogen (secondary N) is 1. The van der Waals surface area contributed by atoms with Crippen LogP contribution in [0.3, 0.4) is 0 Å². The summed E-state index contributed by atoms with van der Waals surface area (Å²) in [6.45, 7) is 2.48. The van der Waals surface area contributed by atoms with Crippen LogP contribution in [0.25, 0.3) is 0 Å². The Hall–Kier alpha value is -0.160. The van der Waals surface area contributed by atoms with Crippen molar-refractivity contribution in [3.8, 4) is 0 Å². The molecule has 0 radical (unpaired) electrons. The summed E-state index contributed by atoms with van der Waals surface area (Å²) in [6.07, 6.45) is 3.73. The lowest BCUT2D eigenvalue weighted by Crippen LogP contribution is -2.48. The molecule has 1 aliphatic carbocycles. The highest BCUT2D eigenvalue weighted by Crippen LogP contribution is 2.31. The quantitative estimate of drug-likeness (QED) is 0.518. The molecule has 0 aliphatic heterocycles. The highest BCUT2D eigenvalue weighted by Gasteiger charge is 2.31. The van der Waals surface area contributed by atoms with E-state index in [1.807, 2.05) is 0 Å². The molecule has 90 valence electrons. The summed E-state index contributed by atoms with van der Waals surface area (Å²) in [4.78, 5) is 0. The average molecular weight is 217 g/mol. The van der Waals surface area contributed by atoms with Crippen LogP contribution in [0.15, 0.2) is 0 Å². The van der Waals surface area contributed by atoms with Crippen LogP contribution < -0.4 is 5.32 Å². The zero-order valence-electron chi connectivity index (χ0n) is 9.45. The van der Waals surface area contributed by atoms with Gasteiger partial charge in [0.25, 0.3) is 0 Å². The van der Waals surface area contributed by atoms with Crippen LogP contribution in [-0.2, 0) is 0 Å². The van der Waals surface area contributed by atoms with Gasteiger partial charge < -0.3 is 20.6 Å². The molecule has 1 rings (SSSR count). The highest BCUT2D eigenvalue weighted by molar-refractivity contribution is 4.87. The molecule has 0 spiro atoms. The van der Waals surface area contributed by atoms with Gasteiger partial charge in [-0.15, -0.1) is 0 Å².